The second-order valence-corrected chi connectivity index (χ2v) is 9.99. The zero-order chi connectivity index (χ0) is 15.0. The Labute approximate surface area is 128 Å². The highest BCUT2D eigenvalue weighted by Gasteiger charge is 2.17. The molecule has 0 aliphatic carbocycles. The summed E-state index contributed by atoms with van der Waals surface area (Å²) < 4.78 is 21.6. The van der Waals surface area contributed by atoms with Crippen LogP contribution in [0.25, 0.3) is 0 Å². The minimum atomic E-state index is -2.30. The maximum absolute atomic E-state index is 5.65. The van der Waals surface area contributed by atoms with Gasteiger partial charge in [-0.15, -0.1) is 0 Å². The third kappa shape index (κ3) is 5.54. The predicted molar refractivity (Wildman–Crippen MR) is 84.0 cm³/mol. The lowest BCUT2D eigenvalue weighted by Gasteiger charge is -2.17. The van der Waals surface area contributed by atoms with Gasteiger partial charge in [-0.2, -0.15) is 9.97 Å². The van der Waals surface area contributed by atoms with Crippen molar-refractivity contribution in [2.75, 3.05) is 26.6 Å². The number of rotatable bonds is 9. The van der Waals surface area contributed by atoms with Crippen molar-refractivity contribution < 1.29 is 18.5 Å². The fraction of sp³-hybridized carbons (Fsp3) is 0.636. The third-order valence-corrected chi connectivity index (χ3v) is 7.67. The highest BCUT2D eigenvalue weighted by atomic mass is 32.9. The topological polar surface area (TPSA) is 62.7 Å². The molecule has 0 amide bonds. The molecule has 1 rings (SSSR count). The van der Waals surface area contributed by atoms with Gasteiger partial charge in [-0.25, -0.2) is 0 Å². The molecule has 20 heavy (non-hydrogen) atoms. The normalized spacial score (nSPS) is 13.8. The second-order valence-electron chi connectivity index (χ2n) is 3.43. The van der Waals surface area contributed by atoms with Gasteiger partial charge < -0.3 is 18.5 Å². The lowest BCUT2D eigenvalue weighted by Crippen LogP contribution is -2.04. The van der Waals surface area contributed by atoms with E-state index in [1.54, 1.807) is 13.2 Å². The predicted octanol–water partition coefficient (Wildman–Crippen LogP) is 3.02. The van der Waals surface area contributed by atoms with Gasteiger partial charge >= 0.3 is 6.01 Å². The van der Waals surface area contributed by atoms with Gasteiger partial charge in [0.05, 0.1) is 25.5 Å². The molecule has 1 heterocycles. The first-order chi connectivity index (χ1) is 9.56. The van der Waals surface area contributed by atoms with E-state index >= 15 is 0 Å². The molecule has 0 N–H and O–H groups in total. The highest BCUT2D eigenvalue weighted by Crippen LogP contribution is 2.59. The third-order valence-electron chi connectivity index (χ3n) is 2.12. The van der Waals surface area contributed by atoms with Crippen LogP contribution in [0.3, 0.4) is 0 Å². The first-order valence-corrected chi connectivity index (χ1v) is 10.5. The van der Waals surface area contributed by atoms with Crippen LogP contribution in [-0.4, -0.2) is 36.5 Å². The van der Waals surface area contributed by atoms with Gasteiger partial charge in [-0.3, -0.25) is 0 Å². The van der Waals surface area contributed by atoms with Crippen LogP contribution in [0.4, 0.5) is 0 Å². The molecule has 0 unspecified atom stereocenters. The van der Waals surface area contributed by atoms with Crippen molar-refractivity contribution in [1.29, 1.82) is 0 Å². The molecule has 0 aliphatic heterocycles. The van der Waals surface area contributed by atoms with Gasteiger partial charge in [-0.05, 0) is 31.9 Å². The molecule has 1 aromatic rings. The van der Waals surface area contributed by atoms with E-state index in [-0.39, 0.29) is 12.6 Å². The van der Waals surface area contributed by atoms with E-state index < -0.39 is 5.69 Å². The van der Waals surface area contributed by atoms with E-state index in [1.165, 1.54) is 11.4 Å². The Balaban J connectivity index is 2.84. The van der Waals surface area contributed by atoms with Crippen molar-refractivity contribution in [3.05, 3.63) is 11.8 Å². The molecule has 114 valence electrons. The van der Waals surface area contributed by atoms with Gasteiger partial charge in [0.25, 0.3) is 0 Å². The molecule has 1 atom stereocenters. The summed E-state index contributed by atoms with van der Waals surface area (Å²) >= 11 is 6.69. The lowest BCUT2D eigenvalue weighted by molar-refractivity contribution is 0.265. The Morgan fingerprint density at radius 2 is 1.95 bits per heavy atom. The maximum atomic E-state index is 5.65. The van der Waals surface area contributed by atoms with E-state index in [0.717, 1.165) is 0 Å². The number of hydrogen-bond acceptors (Lipinski definition) is 8. The van der Waals surface area contributed by atoms with Gasteiger partial charge in [0, 0.05) is 13.2 Å². The summed E-state index contributed by atoms with van der Waals surface area (Å²) in [4.78, 5) is 8.38. The molecule has 0 aromatic carbocycles. The summed E-state index contributed by atoms with van der Waals surface area (Å²) in [5.74, 6) is 0.458. The first kappa shape index (κ1) is 17.7. The minimum absolute atomic E-state index is 0.231. The number of aromatic nitrogens is 2. The van der Waals surface area contributed by atoms with Gasteiger partial charge in [0.1, 0.15) is 0 Å². The molecule has 1 aromatic heterocycles. The molecule has 0 saturated heterocycles. The summed E-state index contributed by atoms with van der Waals surface area (Å²) in [5.41, 5.74) is -1.65. The largest absolute Gasteiger partial charge is 0.478 e. The van der Waals surface area contributed by atoms with Crippen molar-refractivity contribution in [3.63, 3.8) is 0 Å². The Bertz CT molecular complexity index is 443. The molecular formula is C11H19N2O4PS2. The molecule has 0 spiro atoms. The molecule has 9 heteroatoms. The zero-order valence-electron chi connectivity index (χ0n) is 12.0. The number of hydrogen-bond donors (Lipinski definition) is 0. The van der Waals surface area contributed by atoms with Crippen LogP contribution in [0.1, 0.15) is 19.5 Å². The van der Waals surface area contributed by atoms with Crippen molar-refractivity contribution >= 4 is 28.9 Å². The van der Waals surface area contributed by atoms with Crippen LogP contribution in [0, 0.1) is 0 Å². The fourth-order valence-electron chi connectivity index (χ4n) is 1.26. The molecule has 0 saturated carbocycles. The van der Waals surface area contributed by atoms with E-state index in [2.05, 4.69) is 9.97 Å². The van der Waals surface area contributed by atoms with Crippen LogP contribution >= 0.6 is 17.1 Å². The van der Waals surface area contributed by atoms with Crippen LogP contribution in [0.2, 0.25) is 0 Å². The Hall–Kier alpha value is -0.400. The Morgan fingerprint density at radius 3 is 2.50 bits per heavy atom. The molecular weight excluding hydrogens is 319 g/mol. The van der Waals surface area contributed by atoms with Crippen molar-refractivity contribution in [2.45, 2.75) is 20.5 Å². The van der Waals surface area contributed by atoms with Crippen molar-refractivity contribution in [3.8, 4) is 11.9 Å². The Kier molecular flexibility index (Phi) is 7.76. The van der Waals surface area contributed by atoms with Gasteiger partial charge in [-0.1, -0.05) is 11.4 Å². The fourth-order valence-corrected chi connectivity index (χ4v) is 2.99. The van der Waals surface area contributed by atoms with E-state index in [4.69, 9.17) is 30.3 Å². The van der Waals surface area contributed by atoms with E-state index in [0.29, 0.717) is 24.8 Å². The first-order valence-electron chi connectivity index (χ1n) is 6.06. The minimum Gasteiger partial charge on any atom is -0.478 e. The summed E-state index contributed by atoms with van der Waals surface area (Å²) in [5, 5.41) is 0. The maximum Gasteiger partial charge on any atom is 0.320 e. The average Bonchev–Trinajstić information content (AvgIpc) is 2.45. The van der Waals surface area contributed by atoms with E-state index in [1.807, 2.05) is 20.1 Å². The molecule has 0 fully saturated rings. The summed E-state index contributed by atoms with van der Waals surface area (Å²) in [7, 11) is 1.55. The standard InChI is InChI=1S/C11H19N2O4PS2/c1-5-15-10-7-9(12-11(13-10)16-6-2)8-17-18(19,14-3)20-4/h7H,5-6,8H2,1-4H3/t18-/m0/s1. The van der Waals surface area contributed by atoms with Crippen molar-refractivity contribution in [1.82, 2.24) is 9.97 Å². The van der Waals surface area contributed by atoms with Gasteiger partial charge in [0.2, 0.25) is 11.6 Å². The highest BCUT2D eigenvalue weighted by molar-refractivity contribution is 8.67. The van der Waals surface area contributed by atoms with Crippen LogP contribution < -0.4 is 9.47 Å². The zero-order valence-corrected chi connectivity index (χ0v) is 14.5. The van der Waals surface area contributed by atoms with Gasteiger partial charge in [0.15, 0.2) is 0 Å². The van der Waals surface area contributed by atoms with Crippen LogP contribution in [-0.2, 0) is 27.5 Å². The average molecular weight is 338 g/mol. The summed E-state index contributed by atoms with van der Waals surface area (Å²) in [6.07, 6.45) is 1.86. The molecule has 0 bridgehead atoms. The number of nitrogens with zero attached hydrogens (tertiary/aromatic N) is 2. The Morgan fingerprint density at radius 1 is 1.25 bits per heavy atom. The van der Waals surface area contributed by atoms with E-state index in [9.17, 15) is 0 Å². The summed E-state index contributed by atoms with van der Waals surface area (Å²) in [6, 6.07) is 1.98. The summed E-state index contributed by atoms with van der Waals surface area (Å²) in [6.45, 7) is 4.98. The lowest BCUT2D eigenvalue weighted by atomic mass is 10.4. The quantitative estimate of drug-likeness (QED) is 0.637. The smallest absolute Gasteiger partial charge is 0.320 e. The molecule has 0 radical (unpaired) electrons. The van der Waals surface area contributed by atoms with Crippen LogP contribution in [0.5, 0.6) is 11.9 Å². The molecule has 0 aliphatic rings. The number of ether oxygens (including phenoxy) is 2. The van der Waals surface area contributed by atoms with Crippen LogP contribution in [0.15, 0.2) is 6.07 Å². The van der Waals surface area contributed by atoms with Crippen molar-refractivity contribution in [2.24, 2.45) is 0 Å². The second kappa shape index (κ2) is 8.79. The molecule has 6 nitrogen and oxygen atoms in total. The monoisotopic (exact) mass is 338 g/mol. The SMILES string of the molecule is CCOc1cc(CO[P@](=S)(OC)SC)nc(OCC)n1.